The van der Waals surface area contributed by atoms with Gasteiger partial charge in [-0.3, -0.25) is 4.98 Å². The van der Waals surface area contributed by atoms with Gasteiger partial charge in [-0.1, -0.05) is 26.7 Å². The second-order valence-corrected chi connectivity index (χ2v) is 5.00. The Bertz CT molecular complexity index is 311. The van der Waals surface area contributed by atoms with Crippen molar-refractivity contribution in [2.45, 2.75) is 33.6 Å². The third-order valence-corrected chi connectivity index (χ3v) is 3.50. The van der Waals surface area contributed by atoms with Crippen LogP contribution in [0.5, 0.6) is 0 Å². The molecule has 1 aromatic rings. The van der Waals surface area contributed by atoms with Crippen LogP contribution in [0.2, 0.25) is 0 Å². The molecule has 1 aromatic heterocycles. The van der Waals surface area contributed by atoms with E-state index in [2.05, 4.69) is 52.7 Å². The Morgan fingerprint density at radius 3 is 2.44 bits per heavy atom. The molecule has 0 saturated heterocycles. The normalized spacial score (nSPS) is 10.8. The number of anilines is 1. The van der Waals surface area contributed by atoms with Crippen LogP contribution in [0.4, 0.5) is 5.69 Å². The number of nitrogens with zero attached hydrogens (tertiary/aromatic N) is 2. The van der Waals surface area contributed by atoms with Gasteiger partial charge >= 0.3 is 0 Å². The second kappa shape index (κ2) is 6.89. The van der Waals surface area contributed by atoms with Gasteiger partial charge in [0.2, 0.25) is 0 Å². The summed E-state index contributed by atoms with van der Waals surface area (Å²) in [6.45, 7) is 8.89. The van der Waals surface area contributed by atoms with E-state index in [1.54, 1.807) is 0 Å². The van der Waals surface area contributed by atoms with Crippen LogP contribution in [-0.4, -0.2) is 18.1 Å². The molecule has 0 spiro atoms. The Morgan fingerprint density at radius 2 is 1.94 bits per heavy atom. The van der Waals surface area contributed by atoms with Crippen molar-refractivity contribution in [2.24, 2.45) is 5.92 Å². The summed E-state index contributed by atoms with van der Waals surface area (Å²) in [5.41, 5.74) is 1.21. The fourth-order valence-corrected chi connectivity index (χ4v) is 2.20. The summed E-state index contributed by atoms with van der Waals surface area (Å²) >= 11 is 3.47. The molecule has 3 heteroatoms. The summed E-state index contributed by atoms with van der Waals surface area (Å²) in [5, 5.41) is 0. The van der Waals surface area contributed by atoms with E-state index in [-0.39, 0.29) is 0 Å². The molecular formula is C13H21BrN2. The van der Waals surface area contributed by atoms with Gasteiger partial charge in [0.1, 0.15) is 0 Å². The molecule has 0 saturated carbocycles. The minimum absolute atomic E-state index is 0.777. The van der Waals surface area contributed by atoms with Gasteiger partial charge in [0.05, 0.1) is 11.9 Å². The average molecular weight is 285 g/mol. The standard InChI is InChI=1S/C13H21BrN2/c1-4-11(5-2)10-16(6-3)13-7-12(14)8-15-9-13/h7-9,11H,4-6,10H2,1-3H3. The SMILES string of the molecule is CCC(CC)CN(CC)c1cncc(Br)c1. The number of pyridine rings is 1. The molecule has 0 aliphatic rings. The minimum atomic E-state index is 0.777. The van der Waals surface area contributed by atoms with Crippen molar-refractivity contribution in [1.29, 1.82) is 0 Å². The highest BCUT2D eigenvalue weighted by Gasteiger charge is 2.10. The Balaban J connectivity index is 2.74. The molecule has 0 aliphatic carbocycles. The predicted octanol–water partition coefficient (Wildman–Crippen LogP) is 4.11. The molecule has 90 valence electrons. The molecule has 0 amide bonds. The van der Waals surface area contributed by atoms with E-state index in [9.17, 15) is 0 Å². The quantitative estimate of drug-likeness (QED) is 0.782. The Hall–Kier alpha value is -0.570. The van der Waals surface area contributed by atoms with E-state index in [0.29, 0.717) is 0 Å². The zero-order valence-corrected chi connectivity index (χ0v) is 12.0. The molecule has 1 rings (SSSR count). The van der Waals surface area contributed by atoms with Crippen LogP contribution in [0.25, 0.3) is 0 Å². The van der Waals surface area contributed by atoms with E-state index in [1.165, 1.54) is 18.5 Å². The molecule has 0 unspecified atom stereocenters. The van der Waals surface area contributed by atoms with Crippen LogP contribution in [-0.2, 0) is 0 Å². The average Bonchev–Trinajstić information content (AvgIpc) is 2.31. The Kier molecular flexibility index (Phi) is 5.81. The van der Waals surface area contributed by atoms with E-state index in [0.717, 1.165) is 23.5 Å². The van der Waals surface area contributed by atoms with Gasteiger partial charge in [-0.15, -0.1) is 0 Å². The molecule has 0 radical (unpaired) electrons. The molecule has 0 aliphatic heterocycles. The lowest BCUT2D eigenvalue weighted by molar-refractivity contribution is 0.486. The van der Waals surface area contributed by atoms with Gasteiger partial charge in [0, 0.05) is 23.8 Å². The van der Waals surface area contributed by atoms with E-state index in [4.69, 9.17) is 0 Å². The molecule has 2 nitrogen and oxygen atoms in total. The summed E-state index contributed by atoms with van der Waals surface area (Å²) in [5.74, 6) is 0.777. The summed E-state index contributed by atoms with van der Waals surface area (Å²) in [6, 6.07) is 2.14. The predicted molar refractivity (Wildman–Crippen MR) is 73.9 cm³/mol. The third kappa shape index (κ3) is 3.78. The van der Waals surface area contributed by atoms with Gasteiger partial charge in [-0.05, 0) is 34.8 Å². The maximum absolute atomic E-state index is 4.22. The summed E-state index contributed by atoms with van der Waals surface area (Å²) < 4.78 is 1.05. The van der Waals surface area contributed by atoms with Crippen LogP contribution in [0.3, 0.4) is 0 Å². The first-order chi connectivity index (χ1) is 7.71. The minimum Gasteiger partial charge on any atom is -0.370 e. The van der Waals surface area contributed by atoms with Crippen molar-refractivity contribution in [2.75, 3.05) is 18.0 Å². The molecule has 0 N–H and O–H groups in total. The lowest BCUT2D eigenvalue weighted by Crippen LogP contribution is -2.29. The maximum Gasteiger partial charge on any atom is 0.0564 e. The van der Waals surface area contributed by atoms with Crippen molar-refractivity contribution in [1.82, 2.24) is 4.98 Å². The summed E-state index contributed by atoms with van der Waals surface area (Å²) in [7, 11) is 0. The van der Waals surface area contributed by atoms with E-state index >= 15 is 0 Å². The summed E-state index contributed by atoms with van der Waals surface area (Å²) in [6.07, 6.45) is 6.26. The number of hydrogen-bond acceptors (Lipinski definition) is 2. The lowest BCUT2D eigenvalue weighted by atomic mass is 10.0. The fraction of sp³-hybridized carbons (Fsp3) is 0.615. The first-order valence-corrected chi connectivity index (χ1v) is 6.86. The largest absolute Gasteiger partial charge is 0.370 e. The lowest BCUT2D eigenvalue weighted by Gasteiger charge is -2.27. The first kappa shape index (κ1) is 13.5. The van der Waals surface area contributed by atoms with Gasteiger partial charge in [0.15, 0.2) is 0 Å². The van der Waals surface area contributed by atoms with Crippen LogP contribution < -0.4 is 4.90 Å². The Morgan fingerprint density at radius 1 is 1.25 bits per heavy atom. The van der Waals surface area contributed by atoms with Gasteiger partial charge in [-0.25, -0.2) is 0 Å². The van der Waals surface area contributed by atoms with E-state index in [1.807, 2.05) is 12.4 Å². The van der Waals surface area contributed by atoms with Crippen LogP contribution in [0, 0.1) is 5.92 Å². The number of aromatic nitrogens is 1. The molecule has 0 bridgehead atoms. The molecule has 0 aromatic carbocycles. The van der Waals surface area contributed by atoms with Crippen molar-refractivity contribution in [3.05, 3.63) is 22.9 Å². The smallest absolute Gasteiger partial charge is 0.0564 e. The number of rotatable bonds is 6. The molecule has 0 atom stereocenters. The zero-order chi connectivity index (χ0) is 12.0. The zero-order valence-electron chi connectivity index (χ0n) is 10.4. The van der Waals surface area contributed by atoms with E-state index < -0.39 is 0 Å². The maximum atomic E-state index is 4.22. The van der Waals surface area contributed by atoms with Gasteiger partial charge in [0.25, 0.3) is 0 Å². The monoisotopic (exact) mass is 284 g/mol. The van der Waals surface area contributed by atoms with Crippen molar-refractivity contribution in [3.8, 4) is 0 Å². The van der Waals surface area contributed by atoms with Crippen LogP contribution in [0.1, 0.15) is 33.6 Å². The topological polar surface area (TPSA) is 16.1 Å². The second-order valence-electron chi connectivity index (χ2n) is 4.08. The Labute approximate surface area is 107 Å². The van der Waals surface area contributed by atoms with Crippen LogP contribution >= 0.6 is 15.9 Å². The van der Waals surface area contributed by atoms with Crippen molar-refractivity contribution >= 4 is 21.6 Å². The highest BCUT2D eigenvalue weighted by molar-refractivity contribution is 9.10. The molecule has 16 heavy (non-hydrogen) atoms. The summed E-state index contributed by atoms with van der Waals surface area (Å²) in [4.78, 5) is 6.62. The highest BCUT2D eigenvalue weighted by Crippen LogP contribution is 2.20. The van der Waals surface area contributed by atoms with Crippen molar-refractivity contribution < 1.29 is 0 Å². The highest BCUT2D eigenvalue weighted by atomic mass is 79.9. The van der Waals surface area contributed by atoms with Gasteiger partial charge in [-0.2, -0.15) is 0 Å². The number of hydrogen-bond donors (Lipinski definition) is 0. The first-order valence-electron chi connectivity index (χ1n) is 6.06. The molecule has 1 heterocycles. The van der Waals surface area contributed by atoms with Crippen LogP contribution in [0.15, 0.2) is 22.9 Å². The van der Waals surface area contributed by atoms with Gasteiger partial charge < -0.3 is 4.90 Å². The molecule has 0 fully saturated rings. The fourth-order valence-electron chi connectivity index (χ4n) is 1.85. The third-order valence-electron chi connectivity index (χ3n) is 3.07. The molecular weight excluding hydrogens is 264 g/mol. The van der Waals surface area contributed by atoms with Crippen molar-refractivity contribution in [3.63, 3.8) is 0 Å². The number of halogens is 1.